The van der Waals surface area contributed by atoms with E-state index in [9.17, 15) is 9.18 Å². The number of rotatable bonds is 6. The number of alkyl halides is 1. The number of hydrogen-bond donors (Lipinski definition) is 1. The van der Waals surface area contributed by atoms with Gasteiger partial charge in [-0.15, -0.1) is 6.58 Å². The van der Waals surface area contributed by atoms with Crippen molar-refractivity contribution < 1.29 is 9.18 Å². The molecule has 0 aliphatic rings. The average Bonchev–Trinajstić information content (AvgIpc) is 2.11. The third-order valence-electron chi connectivity index (χ3n) is 1.56. The summed E-state index contributed by atoms with van der Waals surface area (Å²) >= 11 is 0. The molecule has 0 fully saturated rings. The summed E-state index contributed by atoms with van der Waals surface area (Å²) in [5.74, 6) is 0.0176. The van der Waals surface area contributed by atoms with Crippen molar-refractivity contribution in [3.8, 4) is 0 Å². The van der Waals surface area contributed by atoms with E-state index in [-0.39, 0.29) is 5.91 Å². The second kappa shape index (κ2) is 6.83. The number of nitrogens with one attached hydrogen (secondary N) is 1. The van der Waals surface area contributed by atoms with Crippen LogP contribution in [0.2, 0.25) is 0 Å². The Bertz CT molecular complexity index is 147. The van der Waals surface area contributed by atoms with Gasteiger partial charge in [-0.25, -0.2) is 4.39 Å². The first-order chi connectivity index (χ1) is 5.70. The Balaban J connectivity index is 3.21. The van der Waals surface area contributed by atoms with Crippen molar-refractivity contribution in [3.63, 3.8) is 0 Å². The molecule has 0 radical (unpaired) electrons. The summed E-state index contributed by atoms with van der Waals surface area (Å²) < 4.78 is 12.5. The van der Waals surface area contributed by atoms with Gasteiger partial charge >= 0.3 is 0 Å². The Hall–Kier alpha value is -0.860. The Morgan fingerprint density at radius 1 is 1.75 bits per heavy atom. The van der Waals surface area contributed by atoms with Crippen molar-refractivity contribution in [2.45, 2.75) is 32.4 Å². The van der Waals surface area contributed by atoms with Gasteiger partial charge in [-0.3, -0.25) is 4.79 Å². The standard InChI is InChI=1S/C9H16FNO/c1-3-8(10)6-5-7-11-9(12)4-2/h3,8H,1,4-7H2,2H3,(H,11,12). The Labute approximate surface area is 72.8 Å². The molecule has 70 valence electrons. The van der Waals surface area contributed by atoms with E-state index in [2.05, 4.69) is 11.9 Å². The molecule has 0 heterocycles. The van der Waals surface area contributed by atoms with Gasteiger partial charge in [-0.05, 0) is 12.8 Å². The lowest BCUT2D eigenvalue weighted by molar-refractivity contribution is -0.120. The highest BCUT2D eigenvalue weighted by molar-refractivity contribution is 5.75. The van der Waals surface area contributed by atoms with E-state index < -0.39 is 6.17 Å². The molecule has 0 saturated heterocycles. The molecule has 0 aliphatic carbocycles. The maximum absolute atomic E-state index is 12.5. The Morgan fingerprint density at radius 2 is 2.42 bits per heavy atom. The highest BCUT2D eigenvalue weighted by atomic mass is 19.1. The molecular weight excluding hydrogens is 157 g/mol. The van der Waals surface area contributed by atoms with Crippen molar-refractivity contribution in [2.75, 3.05) is 6.54 Å². The fourth-order valence-electron chi connectivity index (χ4n) is 0.768. The van der Waals surface area contributed by atoms with E-state index in [0.29, 0.717) is 25.8 Å². The van der Waals surface area contributed by atoms with Crippen LogP contribution < -0.4 is 5.32 Å². The molecule has 0 aromatic carbocycles. The molecule has 0 rings (SSSR count). The average molecular weight is 173 g/mol. The summed E-state index contributed by atoms with van der Waals surface area (Å²) in [6, 6.07) is 0. The number of carbonyl (C=O) groups excluding carboxylic acids is 1. The van der Waals surface area contributed by atoms with E-state index in [1.54, 1.807) is 6.92 Å². The monoisotopic (exact) mass is 173 g/mol. The second-order valence-corrected chi connectivity index (χ2v) is 2.60. The van der Waals surface area contributed by atoms with E-state index in [0.717, 1.165) is 0 Å². The smallest absolute Gasteiger partial charge is 0.219 e. The maximum Gasteiger partial charge on any atom is 0.219 e. The molecule has 12 heavy (non-hydrogen) atoms. The van der Waals surface area contributed by atoms with Gasteiger partial charge in [0.05, 0.1) is 0 Å². The van der Waals surface area contributed by atoms with Crippen LogP contribution in [0.5, 0.6) is 0 Å². The first-order valence-corrected chi connectivity index (χ1v) is 4.24. The van der Waals surface area contributed by atoms with Gasteiger partial charge in [0.25, 0.3) is 0 Å². The van der Waals surface area contributed by atoms with Crippen LogP contribution in [-0.4, -0.2) is 18.6 Å². The van der Waals surface area contributed by atoms with Gasteiger partial charge in [0.15, 0.2) is 0 Å². The minimum absolute atomic E-state index is 0.0176. The summed E-state index contributed by atoms with van der Waals surface area (Å²) in [6.45, 7) is 5.67. The van der Waals surface area contributed by atoms with Gasteiger partial charge < -0.3 is 5.32 Å². The van der Waals surface area contributed by atoms with Gasteiger partial charge in [-0.2, -0.15) is 0 Å². The van der Waals surface area contributed by atoms with Crippen molar-refractivity contribution >= 4 is 5.91 Å². The number of allylic oxidation sites excluding steroid dienone is 1. The SMILES string of the molecule is C=CC(F)CCCNC(=O)CC. The van der Waals surface area contributed by atoms with Crippen LogP contribution in [0.25, 0.3) is 0 Å². The molecule has 1 amide bonds. The van der Waals surface area contributed by atoms with Crippen LogP contribution in [0.4, 0.5) is 4.39 Å². The van der Waals surface area contributed by atoms with Crippen LogP contribution in [0.15, 0.2) is 12.7 Å². The zero-order valence-corrected chi connectivity index (χ0v) is 7.48. The second-order valence-electron chi connectivity index (χ2n) is 2.60. The number of amides is 1. The summed E-state index contributed by atoms with van der Waals surface area (Å²) in [7, 11) is 0. The van der Waals surface area contributed by atoms with Gasteiger partial charge in [0, 0.05) is 13.0 Å². The van der Waals surface area contributed by atoms with Crippen LogP contribution >= 0.6 is 0 Å². The number of halogens is 1. The fourth-order valence-corrected chi connectivity index (χ4v) is 0.768. The highest BCUT2D eigenvalue weighted by Gasteiger charge is 2.00. The van der Waals surface area contributed by atoms with E-state index in [4.69, 9.17) is 0 Å². The Morgan fingerprint density at radius 3 is 2.92 bits per heavy atom. The minimum Gasteiger partial charge on any atom is -0.356 e. The first kappa shape index (κ1) is 11.1. The zero-order chi connectivity index (χ0) is 9.40. The molecule has 0 aliphatic heterocycles. The summed E-state index contributed by atoms with van der Waals surface area (Å²) in [5, 5.41) is 2.67. The molecule has 0 aromatic rings. The van der Waals surface area contributed by atoms with Gasteiger partial charge in [0.2, 0.25) is 5.91 Å². The molecule has 3 heteroatoms. The first-order valence-electron chi connectivity index (χ1n) is 4.24. The normalized spacial score (nSPS) is 12.2. The Kier molecular flexibility index (Phi) is 6.34. The van der Waals surface area contributed by atoms with Crippen LogP contribution in [0.3, 0.4) is 0 Å². The predicted molar refractivity (Wildman–Crippen MR) is 47.6 cm³/mol. The topological polar surface area (TPSA) is 29.1 Å². The lowest BCUT2D eigenvalue weighted by Crippen LogP contribution is -2.23. The molecule has 0 aromatic heterocycles. The summed E-state index contributed by atoms with van der Waals surface area (Å²) in [6.07, 6.45) is 1.93. The van der Waals surface area contributed by atoms with Crippen LogP contribution in [-0.2, 0) is 4.79 Å². The zero-order valence-electron chi connectivity index (χ0n) is 7.48. The van der Waals surface area contributed by atoms with E-state index in [1.165, 1.54) is 6.08 Å². The molecule has 0 saturated carbocycles. The molecule has 2 nitrogen and oxygen atoms in total. The van der Waals surface area contributed by atoms with Crippen molar-refractivity contribution in [3.05, 3.63) is 12.7 Å². The quantitative estimate of drug-likeness (QED) is 0.481. The summed E-state index contributed by atoms with van der Waals surface area (Å²) in [4.78, 5) is 10.7. The van der Waals surface area contributed by atoms with E-state index in [1.807, 2.05) is 0 Å². The van der Waals surface area contributed by atoms with E-state index >= 15 is 0 Å². The van der Waals surface area contributed by atoms with Gasteiger partial charge in [0.1, 0.15) is 6.17 Å². The lowest BCUT2D eigenvalue weighted by Gasteiger charge is -2.03. The lowest BCUT2D eigenvalue weighted by atomic mass is 10.2. The maximum atomic E-state index is 12.5. The van der Waals surface area contributed by atoms with Crippen molar-refractivity contribution in [2.24, 2.45) is 0 Å². The highest BCUT2D eigenvalue weighted by Crippen LogP contribution is 2.01. The van der Waals surface area contributed by atoms with Gasteiger partial charge in [-0.1, -0.05) is 13.0 Å². The molecule has 0 spiro atoms. The van der Waals surface area contributed by atoms with Crippen molar-refractivity contribution in [1.82, 2.24) is 5.32 Å². The van der Waals surface area contributed by atoms with Crippen molar-refractivity contribution in [1.29, 1.82) is 0 Å². The fraction of sp³-hybridized carbons (Fsp3) is 0.667. The summed E-state index contributed by atoms with van der Waals surface area (Å²) in [5.41, 5.74) is 0. The third kappa shape index (κ3) is 5.89. The number of hydrogen-bond acceptors (Lipinski definition) is 1. The third-order valence-corrected chi connectivity index (χ3v) is 1.56. The molecule has 1 unspecified atom stereocenters. The predicted octanol–water partition coefficient (Wildman–Crippen LogP) is 1.82. The molecule has 1 N–H and O–H groups in total. The van der Waals surface area contributed by atoms with Crippen LogP contribution in [0, 0.1) is 0 Å². The molecular formula is C9H16FNO. The van der Waals surface area contributed by atoms with Crippen LogP contribution in [0.1, 0.15) is 26.2 Å². The largest absolute Gasteiger partial charge is 0.356 e. The number of carbonyl (C=O) groups is 1. The molecule has 1 atom stereocenters. The minimum atomic E-state index is -0.941. The molecule has 0 bridgehead atoms.